The Bertz CT molecular complexity index is 322. The number of nitrogens with zero attached hydrogens (tertiary/aromatic N) is 3. The summed E-state index contributed by atoms with van der Waals surface area (Å²) in [7, 11) is 4.05. The number of rotatable bonds is 9. The van der Waals surface area contributed by atoms with Gasteiger partial charge in [0.05, 0.1) is 0 Å². The van der Waals surface area contributed by atoms with E-state index in [2.05, 4.69) is 53.2 Å². The third-order valence-electron chi connectivity index (χ3n) is 4.75. The maximum absolute atomic E-state index is 4.33. The largest absolute Gasteiger partial charge is 0.356 e. The number of guanidine groups is 1. The minimum absolute atomic E-state index is 0. The van der Waals surface area contributed by atoms with Crippen LogP contribution in [0.2, 0.25) is 0 Å². The number of aliphatic imine (C=N–C) groups is 1. The highest BCUT2D eigenvalue weighted by Crippen LogP contribution is 2.15. The summed E-state index contributed by atoms with van der Waals surface area (Å²) in [6.07, 6.45) is 5.04. The van der Waals surface area contributed by atoms with E-state index >= 15 is 0 Å². The third kappa shape index (κ3) is 9.10. The third-order valence-corrected chi connectivity index (χ3v) is 4.75. The second-order valence-electron chi connectivity index (χ2n) is 6.59. The molecule has 1 rings (SSSR count). The van der Waals surface area contributed by atoms with E-state index in [1.54, 1.807) is 0 Å². The molecule has 0 bridgehead atoms. The zero-order valence-electron chi connectivity index (χ0n) is 15.8. The van der Waals surface area contributed by atoms with Crippen LogP contribution in [-0.2, 0) is 0 Å². The van der Waals surface area contributed by atoms with Gasteiger partial charge in [-0.1, -0.05) is 6.92 Å². The molecule has 0 spiro atoms. The molecule has 2 N–H and O–H groups in total. The summed E-state index contributed by atoms with van der Waals surface area (Å²) < 4.78 is 0. The Morgan fingerprint density at radius 1 is 1.30 bits per heavy atom. The first kappa shape index (κ1) is 22.9. The Balaban J connectivity index is 0.00000484. The summed E-state index contributed by atoms with van der Waals surface area (Å²) in [6, 6.07) is 1.30. The number of likely N-dealkylation sites (tertiary alicyclic amines) is 1. The molecule has 1 saturated heterocycles. The highest BCUT2D eigenvalue weighted by molar-refractivity contribution is 14.0. The lowest BCUT2D eigenvalue weighted by atomic mass is 10.2. The van der Waals surface area contributed by atoms with E-state index in [1.165, 1.54) is 38.8 Å². The maximum atomic E-state index is 4.33. The molecular formula is C17H38IN5. The van der Waals surface area contributed by atoms with Gasteiger partial charge in [0.2, 0.25) is 0 Å². The summed E-state index contributed by atoms with van der Waals surface area (Å²) in [5.74, 6) is 0.945. The van der Waals surface area contributed by atoms with Crippen molar-refractivity contribution in [2.75, 3.05) is 46.8 Å². The van der Waals surface area contributed by atoms with Crippen LogP contribution in [0, 0.1) is 0 Å². The van der Waals surface area contributed by atoms with Gasteiger partial charge in [-0.15, -0.1) is 24.0 Å². The number of halogens is 1. The van der Waals surface area contributed by atoms with Gasteiger partial charge in [0.1, 0.15) is 0 Å². The van der Waals surface area contributed by atoms with Crippen LogP contribution in [0.15, 0.2) is 4.99 Å². The summed E-state index contributed by atoms with van der Waals surface area (Å²) in [4.78, 5) is 9.28. The van der Waals surface area contributed by atoms with Crippen LogP contribution in [0.3, 0.4) is 0 Å². The lowest BCUT2D eigenvalue weighted by Gasteiger charge is -2.24. The van der Waals surface area contributed by atoms with Crippen LogP contribution in [0.25, 0.3) is 0 Å². The van der Waals surface area contributed by atoms with Gasteiger partial charge in [0, 0.05) is 32.2 Å². The lowest BCUT2D eigenvalue weighted by Crippen LogP contribution is -2.45. The summed E-state index contributed by atoms with van der Waals surface area (Å²) >= 11 is 0. The van der Waals surface area contributed by atoms with Crippen LogP contribution in [-0.4, -0.2) is 74.7 Å². The summed E-state index contributed by atoms with van der Waals surface area (Å²) in [5.41, 5.74) is 0. The van der Waals surface area contributed by atoms with Crippen molar-refractivity contribution in [1.82, 2.24) is 20.4 Å². The maximum Gasteiger partial charge on any atom is 0.191 e. The molecule has 1 aliphatic heterocycles. The Kier molecular flexibility index (Phi) is 13.2. The number of nitrogens with one attached hydrogen (secondary N) is 2. The molecular weight excluding hydrogens is 401 g/mol. The van der Waals surface area contributed by atoms with E-state index in [4.69, 9.17) is 0 Å². The fourth-order valence-electron chi connectivity index (χ4n) is 2.93. The molecule has 0 aromatic carbocycles. The van der Waals surface area contributed by atoms with Crippen molar-refractivity contribution in [2.45, 2.75) is 58.5 Å². The van der Waals surface area contributed by atoms with Gasteiger partial charge in [0.15, 0.2) is 5.96 Å². The molecule has 1 heterocycles. The molecule has 1 atom stereocenters. The highest BCUT2D eigenvalue weighted by atomic mass is 127. The van der Waals surface area contributed by atoms with Gasteiger partial charge in [-0.05, 0) is 66.2 Å². The van der Waals surface area contributed by atoms with Crippen LogP contribution in [0.1, 0.15) is 46.5 Å². The number of hydrogen-bond acceptors (Lipinski definition) is 3. The second-order valence-corrected chi connectivity index (χ2v) is 6.59. The first-order chi connectivity index (χ1) is 10.6. The van der Waals surface area contributed by atoms with E-state index in [0.717, 1.165) is 25.6 Å². The molecule has 1 aliphatic rings. The molecule has 23 heavy (non-hydrogen) atoms. The molecule has 0 aliphatic carbocycles. The van der Waals surface area contributed by atoms with E-state index in [9.17, 15) is 0 Å². The van der Waals surface area contributed by atoms with Crippen molar-refractivity contribution in [2.24, 2.45) is 4.99 Å². The van der Waals surface area contributed by atoms with Gasteiger partial charge < -0.3 is 15.5 Å². The minimum Gasteiger partial charge on any atom is -0.356 e. The second kappa shape index (κ2) is 13.2. The number of likely N-dealkylation sites (N-methyl/N-ethyl adjacent to an activating group) is 1. The SMILES string of the molecule is CCN1CCCC1CNC(=NC)NCCCCN(C)C(C)C.I. The predicted molar refractivity (Wildman–Crippen MR) is 112 cm³/mol. The van der Waals surface area contributed by atoms with Crippen LogP contribution in [0.5, 0.6) is 0 Å². The molecule has 0 saturated carbocycles. The van der Waals surface area contributed by atoms with E-state index in [1.807, 2.05) is 7.05 Å². The molecule has 0 aromatic rings. The fraction of sp³-hybridized carbons (Fsp3) is 0.941. The van der Waals surface area contributed by atoms with Crippen molar-refractivity contribution >= 4 is 29.9 Å². The average molecular weight is 439 g/mol. The van der Waals surface area contributed by atoms with Crippen molar-refractivity contribution in [1.29, 1.82) is 0 Å². The molecule has 1 fully saturated rings. The monoisotopic (exact) mass is 439 g/mol. The van der Waals surface area contributed by atoms with Crippen LogP contribution < -0.4 is 10.6 Å². The quantitative estimate of drug-likeness (QED) is 0.251. The van der Waals surface area contributed by atoms with Crippen molar-refractivity contribution in [3.8, 4) is 0 Å². The molecule has 0 amide bonds. The molecule has 138 valence electrons. The highest BCUT2D eigenvalue weighted by Gasteiger charge is 2.22. The molecule has 1 unspecified atom stereocenters. The standard InChI is InChI=1S/C17H37N5.HI/c1-6-22-13-9-10-16(22)14-20-17(18-4)19-11-7-8-12-21(5)15(2)3;/h15-16H,6-14H2,1-5H3,(H2,18,19,20);1H. The zero-order valence-corrected chi connectivity index (χ0v) is 18.1. The van der Waals surface area contributed by atoms with Crippen LogP contribution >= 0.6 is 24.0 Å². The summed E-state index contributed by atoms with van der Waals surface area (Å²) in [6.45, 7) is 12.3. The van der Waals surface area contributed by atoms with Crippen molar-refractivity contribution in [3.05, 3.63) is 0 Å². The average Bonchev–Trinajstić information content (AvgIpc) is 2.97. The Morgan fingerprint density at radius 3 is 2.65 bits per heavy atom. The normalized spacial score (nSPS) is 19.3. The van der Waals surface area contributed by atoms with Gasteiger partial charge in [-0.2, -0.15) is 0 Å². The Hall–Kier alpha value is -0.0800. The Morgan fingerprint density at radius 2 is 2.04 bits per heavy atom. The lowest BCUT2D eigenvalue weighted by molar-refractivity contribution is 0.266. The van der Waals surface area contributed by atoms with E-state index in [0.29, 0.717) is 12.1 Å². The van der Waals surface area contributed by atoms with E-state index in [-0.39, 0.29) is 24.0 Å². The molecule has 5 nitrogen and oxygen atoms in total. The first-order valence-corrected chi connectivity index (χ1v) is 8.97. The topological polar surface area (TPSA) is 42.9 Å². The Labute approximate surface area is 160 Å². The van der Waals surface area contributed by atoms with Crippen molar-refractivity contribution < 1.29 is 0 Å². The van der Waals surface area contributed by atoms with Gasteiger partial charge >= 0.3 is 0 Å². The smallest absolute Gasteiger partial charge is 0.191 e. The zero-order chi connectivity index (χ0) is 16.4. The number of hydrogen-bond donors (Lipinski definition) is 2. The molecule has 6 heteroatoms. The summed E-state index contributed by atoms with van der Waals surface area (Å²) in [5, 5.41) is 6.91. The predicted octanol–water partition coefficient (Wildman–Crippen LogP) is 2.37. The van der Waals surface area contributed by atoms with E-state index < -0.39 is 0 Å². The molecule has 0 aromatic heterocycles. The number of unbranched alkanes of at least 4 members (excludes halogenated alkanes) is 1. The van der Waals surface area contributed by atoms with Gasteiger partial charge in [-0.3, -0.25) is 9.89 Å². The first-order valence-electron chi connectivity index (χ1n) is 8.97. The van der Waals surface area contributed by atoms with Gasteiger partial charge in [-0.25, -0.2) is 0 Å². The van der Waals surface area contributed by atoms with Crippen molar-refractivity contribution in [3.63, 3.8) is 0 Å². The fourth-order valence-corrected chi connectivity index (χ4v) is 2.93. The van der Waals surface area contributed by atoms with Crippen LogP contribution in [0.4, 0.5) is 0 Å². The molecule has 0 radical (unpaired) electrons. The van der Waals surface area contributed by atoms with Gasteiger partial charge in [0.25, 0.3) is 0 Å². The minimum atomic E-state index is 0.